The van der Waals surface area contributed by atoms with E-state index in [-0.39, 0.29) is 58.8 Å². The van der Waals surface area contributed by atoms with Gasteiger partial charge in [-0.25, -0.2) is 0 Å². The average Bonchev–Trinajstić information content (AvgIpc) is 3.06. The topological polar surface area (TPSA) is 130 Å². The van der Waals surface area contributed by atoms with Gasteiger partial charge in [0.15, 0.2) is 22.8 Å². The van der Waals surface area contributed by atoms with Gasteiger partial charge in [0.2, 0.25) is 0 Å². The van der Waals surface area contributed by atoms with Crippen molar-refractivity contribution in [1.82, 2.24) is 0 Å². The highest BCUT2D eigenvalue weighted by molar-refractivity contribution is 6.18. The van der Waals surface area contributed by atoms with Gasteiger partial charge in [-0.2, -0.15) is 0 Å². The van der Waals surface area contributed by atoms with Crippen LogP contribution in [0.3, 0.4) is 0 Å². The molecular formula is C33H38O8. The third-order valence-corrected chi connectivity index (χ3v) is 9.13. The Morgan fingerprint density at radius 2 is 1.83 bits per heavy atom. The predicted molar refractivity (Wildman–Crippen MR) is 152 cm³/mol. The summed E-state index contributed by atoms with van der Waals surface area (Å²) in [7, 11) is 0. The number of aromatic hydroxyl groups is 2. The molecule has 218 valence electrons. The van der Waals surface area contributed by atoms with Crippen molar-refractivity contribution < 1.29 is 39.2 Å². The van der Waals surface area contributed by atoms with E-state index in [2.05, 4.69) is 0 Å². The Morgan fingerprint density at radius 1 is 1.12 bits per heavy atom. The molecule has 1 saturated carbocycles. The molecule has 0 radical (unpaired) electrons. The van der Waals surface area contributed by atoms with E-state index in [0.717, 1.165) is 5.57 Å². The number of phenolic OH excluding ortho intramolecular Hbond substituents is 2. The first-order chi connectivity index (χ1) is 19.3. The Labute approximate surface area is 240 Å². The Morgan fingerprint density at radius 3 is 2.46 bits per heavy atom. The zero-order valence-corrected chi connectivity index (χ0v) is 24.4. The van der Waals surface area contributed by atoms with Crippen LogP contribution < -0.4 is 4.74 Å². The van der Waals surface area contributed by atoms with Gasteiger partial charge in [-0.15, -0.1) is 0 Å². The van der Waals surface area contributed by atoms with Crippen molar-refractivity contribution in [3.05, 3.63) is 63.8 Å². The Bertz CT molecular complexity index is 1470. The number of Topliss-reactive ketones (excluding diaryl/α,β-unsaturated/α-hetero) is 2. The Kier molecular flexibility index (Phi) is 6.94. The monoisotopic (exact) mass is 562 g/mol. The smallest absolute Gasteiger partial charge is 0.200 e. The lowest BCUT2D eigenvalue weighted by molar-refractivity contribution is -0.171. The minimum Gasteiger partial charge on any atom is -0.507 e. The lowest BCUT2D eigenvalue weighted by Gasteiger charge is -2.56. The number of phenols is 2. The van der Waals surface area contributed by atoms with E-state index < -0.39 is 46.3 Å². The van der Waals surface area contributed by atoms with Crippen molar-refractivity contribution in [2.24, 2.45) is 11.8 Å². The van der Waals surface area contributed by atoms with E-state index in [9.17, 15) is 29.7 Å². The third kappa shape index (κ3) is 3.98. The molecule has 0 amide bonds. The van der Waals surface area contributed by atoms with Crippen LogP contribution in [-0.4, -0.2) is 56.1 Å². The van der Waals surface area contributed by atoms with Gasteiger partial charge in [0, 0.05) is 41.4 Å². The molecule has 6 rings (SSSR count). The largest absolute Gasteiger partial charge is 0.507 e. The maximum atomic E-state index is 14.5. The predicted octanol–water partition coefficient (Wildman–Crippen LogP) is 4.63. The van der Waals surface area contributed by atoms with Crippen molar-refractivity contribution in [2.45, 2.75) is 90.1 Å². The van der Waals surface area contributed by atoms with Crippen LogP contribution in [0.15, 0.2) is 47.1 Å². The standard InChI is InChI=1S/C33H38O8/c1-7-8-20(35)15-22-26(36)21(10-9-17(2)3)29-25(27(22)37)28(38)23-13-19-14-24-31(5,6)41-32(30(19)39,33(23,24)40-29)12-11-18(4)16-34/h7-9,11,13,16,19-20,24,35-37H,10,12,14-15H2,1-6H3/b8-7+,18-11+/t19-,20?,24+,32+,33?/m0/s1. The van der Waals surface area contributed by atoms with Crippen molar-refractivity contribution >= 4 is 17.9 Å². The quantitative estimate of drug-likeness (QED) is 0.238. The van der Waals surface area contributed by atoms with Crippen molar-refractivity contribution in [3.8, 4) is 17.2 Å². The number of ether oxygens (including phenoxy) is 2. The van der Waals surface area contributed by atoms with Gasteiger partial charge in [0.1, 0.15) is 29.1 Å². The van der Waals surface area contributed by atoms with Crippen LogP contribution in [0.5, 0.6) is 17.2 Å². The highest BCUT2D eigenvalue weighted by Crippen LogP contribution is 2.68. The normalized spacial score (nSPS) is 30.0. The van der Waals surface area contributed by atoms with Crippen molar-refractivity contribution in [2.75, 3.05) is 0 Å². The maximum Gasteiger partial charge on any atom is 0.200 e. The summed E-state index contributed by atoms with van der Waals surface area (Å²) in [5.74, 6) is -2.38. The zero-order valence-electron chi connectivity index (χ0n) is 24.4. The van der Waals surface area contributed by atoms with Gasteiger partial charge in [-0.1, -0.05) is 36.0 Å². The van der Waals surface area contributed by atoms with Gasteiger partial charge in [0.05, 0.1) is 11.7 Å². The number of carbonyl (C=O) groups excluding carboxylic acids is 3. The van der Waals surface area contributed by atoms with E-state index in [1.54, 1.807) is 32.1 Å². The van der Waals surface area contributed by atoms with Crippen LogP contribution >= 0.6 is 0 Å². The van der Waals surface area contributed by atoms with Crippen LogP contribution in [0.25, 0.3) is 0 Å². The highest BCUT2D eigenvalue weighted by Gasteiger charge is 2.81. The van der Waals surface area contributed by atoms with Crippen molar-refractivity contribution in [3.63, 3.8) is 0 Å². The number of hydrogen-bond acceptors (Lipinski definition) is 8. The number of benzene rings is 1. The lowest BCUT2D eigenvalue weighted by atomic mass is 9.51. The third-order valence-electron chi connectivity index (χ3n) is 9.13. The number of rotatable bonds is 8. The van der Waals surface area contributed by atoms with Gasteiger partial charge >= 0.3 is 0 Å². The number of fused-ring (bicyclic) bond motifs is 1. The average molecular weight is 563 g/mol. The number of hydrogen-bond donors (Lipinski definition) is 3. The summed E-state index contributed by atoms with van der Waals surface area (Å²) in [5.41, 5.74) is -2.06. The molecule has 2 heterocycles. The van der Waals surface area contributed by atoms with Crippen LogP contribution in [0.4, 0.5) is 0 Å². The minimum atomic E-state index is -1.58. The molecule has 1 saturated heterocycles. The Hall–Kier alpha value is -3.49. The fourth-order valence-corrected chi connectivity index (χ4v) is 7.30. The molecule has 3 N–H and O–H groups in total. The summed E-state index contributed by atoms with van der Waals surface area (Å²) in [6, 6.07) is 0. The molecule has 8 heteroatoms. The second kappa shape index (κ2) is 9.81. The summed E-state index contributed by atoms with van der Waals surface area (Å²) in [4.78, 5) is 40.0. The molecule has 2 aliphatic heterocycles. The van der Waals surface area contributed by atoms with Gasteiger partial charge < -0.3 is 24.8 Å². The summed E-state index contributed by atoms with van der Waals surface area (Å²) in [6.45, 7) is 11.0. The summed E-state index contributed by atoms with van der Waals surface area (Å²) in [5, 5.41) is 33.4. The lowest BCUT2D eigenvalue weighted by Crippen LogP contribution is -2.72. The summed E-state index contributed by atoms with van der Waals surface area (Å²) >= 11 is 0. The molecule has 1 spiro atoms. The molecule has 0 aromatic heterocycles. The maximum absolute atomic E-state index is 14.5. The van der Waals surface area contributed by atoms with E-state index in [0.29, 0.717) is 18.3 Å². The van der Waals surface area contributed by atoms with E-state index in [4.69, 9.17) is 9.47 Å². The first kappa shape index (κ1) is 29.0. The van der Waals surface area contributed by atoms with Gasteiger partial charge in [-0.3, -0.25) is 14.4 Å². The van der Waals surface area contributed by atoms with Crippen LogP contribution in [0, 0.1) is 11.8 Å². The Balaban J connectivity index is 1.81. The summed E-state index contributed by atoms with van der Waals surface area (Å²) < 4.78 is 13.5. The van der Waals surface area contributed by atoms with Gasteiger partial charge in [0.25, 0.3) is 0 Å². The van der Waals surface area contributed by atoms with E-state index in [1.807, 2.05) is 33.8 Å². The van der Waals surface area contributed by atoms with E-state index >= 15 is 0 Å². The van der Waals surface area contributed by atoms with E-state index in [1.165, 1.54) is 6.08 Å². The first-order valence-electron chi connectivity index (χ1n) is 14.1. The zero-order chi connectivity index (χ0) is 30.1. The molecule has 8 nitrogen and oxygen atoms in total. The molecule has 4 bridgehead atoms. The minimum absolute atomic E-state index is 0.0174. The highest BCUT2D eigenvalue weighted by atomic mass is 16.6. The fraction of sp³-hybridized carbons (Fsp3) is 0.485. The van der Waals surface area contributed by atoms with Crippen LogP contribution in [-0.2, 0) is 27.2 Å². The first-order valence-corrected chi connectivity index (χ1v) is 14.1. The molecule has 41 heavy (non-hydrogen) atoms. The second-order valence-corrected chi connectivity index (χ2v) is 12.5. The molecule has 1 aromatic carbocycles. The molecule has 1 aromatic rings. The molecule has 5 aliphatic rings. The number of aliphatic hydroxyl groups excluding tert-OH is 1. The number of aliphatic hydroxyl groups is 1. The SMILES string of the molecule is C/C=C/C(O)Cc1c(O)c(CC=C(C)C)c2c(c1O)C(=O)C1=C[C@H]3C[C@@H]4C(C)(C)O[C@](C/C=C(\C)C=O)(C3=O)C14O2. The second-order valence-electron chi connectivity index (χ2n) is 12.5. The molecular weight excluding hydrogens is 524 g/mol. The fourth-order valence-electron chi connectivity index (χ4n) is 7.30. The molecule has 3 aliphatic carbocycles. The molecule has 5 atom stereocenters. The van der Waals surface area contributed by atoms with Crippen molar-refractivity contribution in [1.29, 1.82) is 0 Å². The number of ketones is 2. The van der Waals surface area contributed by atoms with Gasteiger partial charge in [-0.05, 0) is 60.0 Å². The number of allylic oxidation sites excluding steroid dienone is 5. The molecule has 2 fully saturated rings. The number of carbonyl (C=O) groups is 3. The van der Waals surface area contributed by atoms with Crippen LogP contribution in [0.2, 0.25) is 0 Å². The van der Waals surface area contributed by atoms with Crippen LogP contribution in [0.1, 0.15) is 75.9 Å². The molecule has 2 unspecified atom stereocenters. The number of aldehydes is 1. The summed E-state index contributed by atoms with van der Waals surface area (Å²) in [6.07, 6.45) is 8.59.